The van der Waals surface area contributed by atoms with Crippen LogP contribution >= 0.6 is 11.3 Å². The number of halogens is 1. The molecule has 0 aliphatic rings. The van der Waals surface area contributed by atoms with Crippen molar-refractivity contribution < 1.29 is 14.0 Å². The molecule has 3 rings (SSSR count). The molecule has 0 aliphatic carbocycles. The lowest BCUT2D eigenvalue weighted by Crippen LogP contribution is -2.47. The van der Waals surface area contributed by atoms with E-state index in [2.05, 4.69) is 15.6 Å². The van der Waals surface area contributed by atoms with Gasteiger partial charge in [-0.05, 0) is 30.2 Å². The standard InChI is InChI=1S/C21H20FN3O2S/c1-13(2)18(24-19(26)15-8-10-16(22)11-9-15)20(27)25-21-23-17(12-28-21)14-6-4-3-5-7-14/h3-13,18H,1-2H3,(H,24,26)(H,23,25,27)/t18-/m0/s1. The molecule has 1 aromatic heterocycles. The smallest absolute Gasteiger partial charge is 0.251 e. The summed E-state index contributed by atoms with van der Waals surface area (Å²) in [4.78, 5) is 29.5. The molecular formula is C21H20FN3O2S. The zero-order chi connectivity index (χ0) is 20.1. The van der Waals surface area contributed by atoms with E-state index in [1.807, 2.05) is 49.6 Å². The van der Waals surface area contributed by atoms with E-state index in [0.717, 1.165) is 11.3 Å². The number of amides is 2. The first-order valence-electron chi connectivity index (χ1n) is 8.82. The fraction of sp³-hybridized carbons (Fsp3) is 0.190. The van der Waals surface area contributed by atoms with Crippen molar-refractivity contribution in [3.05, 3.63) is 71.4 Å². The van der Waals surface area contributed by atoms with E-state index in [9.17, 15) is 14.0 Å². The molecule has 1 heterocycles. The maximum Gasteiger partial charge on any atom is 0.251 e. The molecule has 2 amide bonds. The van der Waals surface area contributed by atoms with Gasteiger partial charge >= 0.3 is 0 Å². The molecule has 0 radical (unpaired) electrons. The molecule has 2 aromatic carbocycles. The molecular weight excluding hydrogens is 377 g/mol. The third-order valence-electron chi connectivity index (χ3n) is 4.15. The highest BCUT2D eigenvalue weighted by molar-refractivity contribution is 7.14. The van der Waals surface area contributed by atoms with Gasteiger partial charge in [0.05, 0.1) is 5.69 Å². The van der Waals surface area contributed by atoms with Crippen LogP contribution in [0.4, 0.5) is 9.52 Å². The first-order chi connectivity index (χ1) is 13.4. The molecule has 3 aromatic rings. The summed E-state index contributed by atoms with van der Waals surface area (Å²) in [5.41, 5.74) is 2.03. The van der Waals surface area contributed by atoms with E-state index in [-0.39, 0.29) is 11.8 Å². The molecule has 0 unspecified atom stereocenters. The number of benzene rings is 2. The van der Waals surface area contributed by atoms with Crippen LogP contribution in [0.5, 0.6) is 0 Å². The number of nitrogens with zero attached hydrogens (tertiary/aromatic N) is 1. The summed E-state index contributed by atoms with van der Waals surface area (Å²) in [6.45, 7) is 3.68. The van der Waals surface area contributed by atoms with Gasteiger partial charge in [0.1, 0.15) is 11.9 Å². The molecule has 2 N–H and O–H groups in total. The van der Waals surface area contributed by atoms with E-state index in [4.69, 9.17) is 0 Å². The summed E-state index contributed by atoms with van der Waals surface area (Å²) in [5, 5.41) is 7.82. The molecule has 0 saturated carbocycles. The Kier molecular flexibility index (Phi) is 6.16. The number of nitrogens with one attached hydrogen (secondary N) is 2. The Morgan fingerprint density at radius 2 is 1.71 bits per heavy atom. The second-order valence-corrected chi connectivity index (χ2v) is 7.45. The van der Waals surface area contributed by atoms with Crippen molar-refractivity contribution in [2.24, 2.45) is 5.92 Å². The lowest BCUT2D eigenvalue weighted by atomic mass is 10.0. The molecule has 0 aliphatic heterocycles. The predicted molar refractivity (Wildman–Crippen MR) is 109 cm³/mol. The van der Waals surface area contributed by atoms with Crippen molar-refractivity contribution in [2.75, 3.05) is 5.32 Å². The lowest BCUT2D eigenvalue weighted by molar-refractivity contribution is -0.118. The Morgan fingerprint density at radius 3 is 2.36 bits per heavy atom. The van der Waals surface area contributed by atoms with E-state index in [1.54, 1.807) is 0 Å². The van der Waals surface area contributed by atoms with Crippen molar-refractivity contribution in [1.29, 1.82) is 0 Å². The van der Waals surface area contributed by atoms with E-state index < -0.39 is 17.8 Å². The lowest BCUT2D eigenvalue weighted by Gasteiger charge is -2.21. The molecule has 0 fully saturated rings. The van der Waals surface area contributed by atoms with Gasteiger partial charge in [-0.25, -0.2) is 9.37 Å². The number of thiazole rings is 1. The molecule has 5 nitrogen and oxygen atoms in total. The van der Waals surface area contributed by atoms with Gasteiger partial charge in [-0.2, -0.15) is 0 Å². The zero-order valence-electron chi connectivity index (χ0n) is 15.5. The number of carbonyl (C=O) groups is 2. The SMILES string of the molecule is CC(C)[C@H](NC(=O)c1ccc(F)cc1)C(=O)Nc1nc(-c2ccccc2)cs1. The second kappa shape index (κ2) is 8.75. The predicted octanol–water partition coefficient (Wildman–Crippen LogP) is 4.34. The van der Waals surface area contributed by atoms with Gasteiger partial charge in [-0.1, -0.05) is 44.2 Å². The van der Waals surface area contributed by atoms with Crippen molar-refractivity contribution in [2.45, 2.75) is 19.9 Å². The molecule has 0 saturated heterocycles. The summed E-state index contributed by atoms with van der Waals surface area (Å²) >= 11 is 1.32. The minimum atomic E-state index is -0.748. The van der Waals surface area contributed by atoms with Gasteiger partial charge in [-0.15, -0.1) is 11.3 Å². The number of hydrogen-bond donors (Lipinski definition) is 2. The summed E-state index contributed by atoms with van der Waals surface area (Å²) in [5.74, 6) is -1.34. The van der Waals surface area contributed by atoms with Crippen LogP contribution in [0.3, 0.4) is 0 Å². The Hall–Kier alpha value is -3.06. The zero-order valence-corrected chi connectivity index (χ0v) is 16.3. The highest BCUT2D eigenvalue weighted by Gasteiger charge is 2.25. The fourth-order valence-electron chi connectivity index (χ4n) is 2.62. The first-order valence-corrected chi connectivity index (χ1v) is 9.70. The molecule has 28 heavy (non-hydrogen) atoms. The highest BCUT2D eigenvalue weighted by Crippen LogP contribution is 2.25. The first kappa shape index (κ1) is 19.7. The van der Waals surface area contributed by atoms with Gasteiger partial charge in [0.2, 0.25) is 5.91 Å². The van der Waals surface area contributed by atoms with Crippen LogP contribution in [0.25, 0.3) is 11.3 Å². The fourth-order valence-corrected chi connectivity index (χ4v) is 3.34. The topological polar surface area (TPSA) is 71.1 Å². The monoisotopic (exact) mass is 397 g/mol. The van der Waals surface area contributed by atoms with Gasteiger partial charge in [-0.3, -0.25) is 9.59 Å². The largest absolute Gasteiger partial charge is 0.340 e. The molecule has 0 spiro atoms. The molecule has 7 heteroatoms. The van der Waals surface area contributed by atoms with Crippen LogP contribution < -0.4 is 10.6 Å². The average Bonchev–Trinajstić information content (AvgIpc) is 3.15. The summed E-state index contributed by atoms with van der Waals surface area (Å²) in [6, 6.07) is 14.1. The quantitative estimate of drug-likeness (QED) is 0.650. The Balaban J connectivity index is 1.69. The van der Waals surface area contributed by atoms with Crippen molar-refractivity contribution in [3.8, 4) is 11.3 Å². The van der Waals surface area contributed by atoms with Crippen LogP contribution in [0.2, 0.25) is 0 Å². The molecule has 144 valence electrons. The molecule has 0 bridgehead atoms. The number of carbonyl (C=O) groups excluding carboxylic acids is 2. The van der Waals surface area contributed by atoms with Gasteiger partial charge < -0.3 is 10.6 Å². The van der Waals surface area contributed by atoms with E-state index in [1.165, 1.54) is 35.6 Å². The normalized spacial score (nSPS) is 11.9. The molecule has 1 atom stereocenters. The third-order valence-corrected chi connectivity index (χ3v) is 4.90. The van der Waals surface area contributed by atoms with Crippen LogP contribution in [-0.2, 0) is 4.79 Å². The van der Waals surface area contributed by atoms with Gasteiger partial charge in [0, 0.05) is 16.5 Å². The van der Waals surface area contributed by atoms with Crippen LogP contribution in [0, 0.1) is 11.7 Å². The van der Waals surface area contributed by atoms with E-state index >= 15 is 0 Å². The van der Waals surface area contributed by atoms with Crippen molar-refractivity contribution >= 4 is 28.3 Å². The Bertz CT molecular complexity index is 955. The van der Waals surface area contributed by atoms with Gasteiger partial charge in [0.25, 0.3) is 5.91 Å². The number of anilines is 1. The maximum atomic E-state index is 13.0. The summed E-state index contributed by atoms with van der Waals surface area (Å²) in [6.07, 6.45) is 0. The maximum absolute atomic E-state index is 13.0. The van der Waals surface area contributed by atoms with Crippen LogP contribution in [0.1, 0.15) is 24.2 Å². The van der Waals surface area contributed by atoms with Crippen LogP contribution in [-0.4, -0.2) is 22.8 Å². The third kappa shape index (κ3) is 4.80. The summed E-state index contributed by atoms with van der Waals surface area (Å²) < 4.78 is 13.0. The Morgan fingerprint density at radius 1 is 1.04 bits per heavy atom. The minimum absolute atomic E-state index is 0.141. The van der Waals surface area contributed by atoms with Gasteiger partial charge in [0.15, 0.2) is 5.13 Å². The average molecular weight is 397 g/mol. The van der Waals surface area contributed by atoms with Crippen molar-refractivity contribution in [1.82, 2.24) is 10.3 Å². The van der Waals surface area contributed by atoms with Crippen LogP contribution in [0.15, 0.2) is 60.0 Å². The highest BCUT2D eigenvalue weighted by atomic mass is 32.1. The second-order valence-electron chi connectivity index (χ2n) is 6.60. The summed E-state index contributed by atoms with van der Waals surface area (Å²) in [7, 11) is 0. The number of rotatable bonds is 6. The number of hydrogen-bond acceptors (Lipinski definition) is 4. The van der Waals surface area contributed by atoms with Crippen molar-refractivity contribution in [3.63, 3.8) is 0 Å². The minimum Gasteiger partial charge on any atom is -0.340 e. The van der Waals surface area contributed by atoms with E-state index in [0.29, 0.717) is 10.7 Å². The Labute approximate surface area is 166 Å². The number of aromatic nitrogens is 1.